The van der Waals surface area contributed by atoms with Gasteiger partial charge in [0.15, 0.2) is 11.5 Å². The lowest BCUT2D eigenvalue weighted by atomic mass is 9.99. The third-order valence-electron chi connectivity index (χ3n) is 4.35. The molecule has 1 aromatic rings. The molecule has 1 aliphatic heterocycles. The number of hydrogen-bond donors (Lipinski definition) is 2. The molecule has 0 bridgehead atoms. The number of amides is 1. The molecule has 0 aliphatic carbocycles. The summed E-state index contributed by atoms with van der Waals surface area (Å²) in [6, 6.07) is 4.61. The van der Waals surface area contributed by atoms with Crippen LogP contribution in [0.2, 0.25) is 0 Å². The maximum Gasteiger partial charge on any atom is 0.243 e. The van der Waals surface area contributed by atoms with Crippen LogP contribution in [0.3, 0.4) is 0 Å². The molecule has 0 radical (unpaired) electrons. The molecular formula is C18H29N3O5S. The average molecular weight is 400 g/mol. The van der Waals surface area contributed by atoms with Crippen molar-refractivity contribution in [3.05, 3.63) is 18.2 Å². The van der Waals surface area contributed by atoms with Crippen molar-refractivity contribution in [2.45, 2.75) is 31.6 Å². The zero-order valence-corrected chi connectivity index (χ0v) is 16.8. The van der Waals surface area contributed by atoms with Gasteiger partial charge in [-0.2, -0.15) is 4.31 Å². The summed E-state index contributed by atoms with van der Waals surface area (Å²) in [7, 11) is -3.73. The first-order chi connectivity index (χ1) is 12.9. The van der Waals surface area contributed by atoms with Crippen LogP contribution in [0.15, 0.2) is 23.1 Å². The minimum absolute atomic E-state index is 0.136. The van der Waals surface area contributed by atoms with Crippen LogP contribution in [0, 0.1) is 5.92 Å². The van der Waals surface area contributed by atoms with Crippen LogP contribution in [-0.4, -0.2) is 58.0 Å². The predicted octanol–water partition coefficient (Wildman–Crippen LogP) is 0.960. The van der Waals surface area contributed by atoms with Crippen molar-refractivity contribution in [1.29, 1.82) is 0 Å². The maximum atomic E-state index is 13.1. The Hall–Kier alpha value is -1.84. The summed E-state index contributed by atoms with van der Waals surface area (Å²) in [4.78, 5) is 12.3. The lowest BCUT2D eigenvalue weighted by Gasteiger charge is -2.31. The normalized spacial score (nSPS) is 18.1. The first kappa shape index (κ1) is 21.5. The average Bonchev–Trinajstić information content (AvgIpc) is 2.67. The summed E-state index contributed by atoms with van der Waals surface area (Å²) in [5.41, 5.74) is 5.41. The SMILES string of the molecule is CCOc1ccc(S(=O)(=O)N2CCCC(C(=O)NCCN)C2)cc1OCC. The molecule has 1 amide bonds. The van der Waals surface area contributed by atoms with Gasteiger partial charge >= 0.3 is 0 Å². The predicted molar refractivity (Wildman–Crippen MR) is 102 cm³/mol. The number of hydrogen-bond acceptors (Lipinski definition) is 6. The molecule has 1 fully saturated rings. The highest BCUT2D eigenvalue weighted by atomic mass is 32.2. The maximum absolute atomic E-state index is 13.1. The van der Waals surface area contributed by atoms with Gasteiger partial charge in [0.25, 0.3) is 0 Å². The number of carbonyl (C=O) groups excluding carboxylic acids is 1. The third kappa shape index (κ3) is 5.33. The molecule has 1 saturated heterocycles. The molecule has 1 atom stereocenters. The third-order valence-corrected chi connectivity index (χ3v) is 6.21. The van der Waals surface area contributed by atoms with Gasteiger partial charge in [0, 0.05) is 32.2 Å². The molecule has 1 aliphatic rings. The number of sulfonamides is 1. The largest absolute Gasteiger partial charge is 0.490 e. The summed E-state index contributed by atoms with van der Waals surface area (Å²) in [5.74, 6) is 0.391. The van der Waals surface area contributed by atoms with Crippen LogP contribution in [-0.2, 0) is 14.8 Å². The first-order valence-electron chi connectivity index (χ1n) is 9.31. The standard InChI is InChI=1S/C18H29N3O5S/c1-3-25-16-8-7-15(12-17(16)26-4-2)27(23,24)21-11-5-6-14(13-21)18(22)20-10-9-19/h7-8,12,14H,3-6,9-11,13,19H2,1-2H3,(H,20,22). The number of nitrogens with two attached hydrogens (primary N) is 1. The molecule has 0 spiro atoms. The van der Waals surface area contributed by atoms with E-state index in [1.807, 2.05) is 13.8 Å². The smallest absolute Gasteiger partial charge is 0.243 e. The fourth-order valence-corrected chi connectivity index (χ4v) is 4.60. The van der Waals surface area contributed by atoms with E-state index < -0.39 is 10.0 Å². The number of carbonyl (C=O) groups is 1. The van der Waals surface area contributed by atoms with E-state index in [0.29, 0.717) is 57.2 Å². The highest BCUT2D eigenvalue weighted by Gasteiger charge is 2.33. The summed E-state index contributed by atoms with van der Waals surface area (Å²) in [6.45, 7) is 5.83. The van der Waals surface area contributed by atoms with Gasteiger partial charge in [0.2, 0.25) is 15.9 Å². The zero-order chi connectivity index (χ0) is 19.9. The Bertz CT molecular complexity index is 739. The quantitative estimate of drug-likeness (QED) is 0.640. The van der Waals surface area contributed by atoms with Crippen LogP contribution in [0.5, 0.6) is 11.5 Å². The molecule has 2 rings (SSSR count). The van der Waals surface area contributed by atoms with Crippen LogP contribution >= 0.6 is 0 Å². The zero-order valence-electron chi connectivity index (χ0n) is 15.9. The van der Waals surface area contributed by atoms with Crippen molar-refractivity contribution < 1.29 is 22.7 Å². The van der Waals surface area contributed by atoms with E-state index in [4.69, 9.17) is 15.2 Å². The Morgan fingerprint density at radius 3 is 2.63 bits per heavy atom. The Morgan fingerprint density at radius 2 is 1.96 bits per heavy atom. The highest BCUT2D eigenvalue weighted by Crippen LogP contribution is 2.32. The van der Waals surface area contributed by atoms with Crippen LogP contribution in [0.4, 0.5) is 0 Å². The van der Waals surface area contributed by atoms with E-state index in [1.54, 1.807) is 6.07 Å². The van der Waals surface area contributed by atoms with Gasteiger partial charge in [0.1, 0.15) is 0 Å². The van der Waals surface area contributed by atoms with E-state index in [2.05, 4.69) is 5.32 Å². The van der Waals surface area contributed by atoms with Gasteiger partial charge in [-0.05, 0) is 38.8 Å². The van der Waals surface area contributed by atoms with Crippen molar-refractivity contribution in [3.63, 3.8) is 0 Å². The summed E-state index contributed by atoms with van der Waals surface area (Å²) >= 11 is 0. The Kier molecular flexibility index (Phi) is 7.88. The minimum Gasteiger partial charge on any atom is -0.490 e. The van der Waals surface area contributed by atoms with Gasteiger partial charge in [-0.15, -0.1) is 0 Å². The number of rotatable bonds is 9. The molecule has 1 unspecified atom stereocenters. The van der Waals surface area contributed by atoms with Crippen molar-refractivity contribution >= 4 is 15.9 Å². The monoisotopic (exact) mass is 399 g/mol. The number of piperidine rings is 1. The number of ether oxygens (including phenoxy) is 2. The van der Waals surface area contributed by atoms with E-state index in [9.17, 15) is 13.2 Å². The molecule has 0 aromatic heterocycles. The Morgan fingerprint density at radius 1 is 1.26 bits per heavy atom. The first-order valence-corrected chi connectivity index (χ1v) is 10.8. The van der Waals surface area contributed by atoms with E-state index in [1.165, 1.54) is 16.4 Å². The van der Waals surface area contributed by atoms with Crippen LogP contribution < -0.4 is 20.5 Å². The highest BCUT2D eigenvalue weighted by molar-refractivity contribution is 7.89. The molecule has 152 valence electrons. The molecular weight excluding hydrogens is 370 g/mol. The fraction of sp³-hybridized carbons (Fsp3) is 0.611. The summed E-state index contributed by atoms with van der Waals surface area (Å²) < 4.78 is 38.5. The van der Waals surface area contributed by atoms with Crippen molar-refractivity contribution in [2.24, 2.45) is 11.7 Å². The van der Waals surface area contributed by atoms with Crippen molar-refractivity contribution in [1.82, 2.24) is 9.62 Å². The van der Waals surface area contributed by atoms with Crippen molar-refractivity contribution in [2.75, 3.05) is 39.4 Å². The molecule has 9 heteroatoms. The van der Waals surface area contributed by atoms with Crippen molar-refractivity contribution in [3.8, 4) is 11.5 Å². The van der Waals surface area contributed by atoms with Crippen LogP contribution in [0.1, 0.15) is 26.7 Å². The lowest BCUT2D eigenvalue weighted by Crippen LogP contribution is -2.46. The number of nitrogens with one attached hydrogen (secondary N) is 1. The van der Waals surface area contributed by atoms with Gasteiger partial charge in [-0.3, -0.25) is 4.79 Å². The Balaban J connectivity index is 2.21. The van der Waals surface area contributed by atoms with Gasteiger partial charge in [0.05, 0.1) is 24.0 Å². The summed E-state index contributed by atoms with van der Waals surface area (Å²) in [6.07, 6.45) is 1.30. The second kappa shape index (κ2) is 9.91. The molecule has 3 N–H and O–H groups in total. The van der Waals surface area contributed by atoms with E-state index >= 15 is 0 Å². The molecule has 0 saturated carbocycles. The number of nitrogens with zero attached hydrogens (tertiary/aromatic N) is 1. The Labute approximate surface area is 161 Å². The van der Waals surface area contributed by atoms with Crippen LogP contribution in [0.25, 0.3) is 0 Å². The molecule has 8 nitrogen and oxygen atoms in total. The molecule has 1 aromatic carbocycles. The second-order valence-electron chi connectivity index (χ2n) is 6.26. The lowest BCUT2D eigenvalue weighted by molar-refractivity contribution is -0.126. The van der Waals surface area contributed by atoms with E-state index in [-0.39, 0.29) is 23.3 Å². The van der Waals surface area contributed by atoms with Gasteiger partial charge in [-0.25, -0.2) is 8.42 Å². The summed E-state index contributed by atoms with van der Waals surface area (Å²) in [5, 5.41) is 2.74. The molecule has 27 heavy (non-hydrogen) atoms. The fourth-order valence-electron chi connectivity index (χ4n) is 3.06. The van der Waals surface area contributed by atoms with E-state index in [0.717, 1.165) is 0 Å². The van der Waals surface area contributed by atoms with Gasteiger partial charge < -0.3 is 20.5 Å². The minimum atomic E-state index is -3.73. The molecule has 1 heterocycles. The van der Waals surface area contributed by atoms with Gasteiger partial charge in [-0.1, -0.05) is 0 Å². The topological polar surface area (TPSA) is 111 Å². The number of benzene rings is 1. The second-order valence-corrected chi connectivity index (χ2v) is 8.19.